The van der Waals surface area contributed by atoms with E-state index in [1.165, 1.54) is 12.3 Å². The predicted molar refractivity (Wildman–Crippen MR) is 115 cm³/mol. The summed E-state index contributed by atoms with van der Waals surface area (Å²) in [5, 5.41) is 10.7. The van der Waals surface area contributed by atoms with Crippen molar-refractivity contribution >= 4 is 17.4 Å². The maximum atomic E-state index is 16.0. The molecule has 8 heteroatoms. The molecule has 0 saturated carbocycles. The molecule has 1 unspecified atom stereocenters. The van der Waals surface area contributed by atoms with Gasteiger partial charge in [-0.25, -0.2) is 13.2 Å². The van der Waals surface area contributed by atoms with Gasteiger partial charge in [0.05, 0.1) is 11.8 Å². The average Bonchev–Trinajstić information content (AvgIpc) is 2.78. The van der Waals surface area contributed by atoms with Crippen molar-refractivity contribution in [3.05, 3.63) is 64.4 Å². The van der Waals surface area contributed by atoms with Crippen molar-refractivity contribution < 1.29 is 23.1 Å². The molecule has 172 valence electrons. The predicted octanol–water partition coefficient (Wildman–Crippen LogP) is 5.55. The zero-order valence-corrected chi connectivity index (χ0v) is 18.4. The summed E-state index contributed by atoms with van der Waals surface area (Å²) in [6.45, 7) is 0.405. The monoisotopic (exact) mass is 466 g/mol. The number of likely N-dealkylation sites (tertiary alicyclic amines) is 1. The molecule has 3 atom stereocenters. The molecule has 32 heavy (non-hydrogen) atoms. The minimum atomic E-state index is -2.68. The van der Waals surface area contributed by atoms with E-state index in [0.29, 0.717) is 11.4 Å². The number of hydrogen-bond donors (Lipinski definition) is 1. The van der Waals surface area contributed by atoms with Crippen molar-refractivity contribution in [2.24, 2.45) is 0 Å². The van der Waals surface area contributed by atoms with Crippen LogP contribution in [-0.4, -0.2) is 39.8 Å². The number of aliphatic hydroxyl groups is 1. The van der Waals surface area contributed by atoms with Gasteiger partial charge in [-0.3, -0.25) is 14.7 Å². The van der Waals surface area contributed by atoms with Crippen LogP contribution in [0.3, 0.4) is 0 Å². The Morgan fingerprint density at radius 2 is 1.84 bits per heavy atom. The SMILES string of the molecule is O=C(CCC(c1ccc(Cl)cc1)N1CCC(F)(F)CC1)[C@]1(F)CC[C@H](O)c2ncccc21. The zero-order valence-electron chi connectivity index (χ0n) is 17.6. The van der Waals surface area contributed by atoms with Crippen LogP contribution in [0.15, 0.2) is 42.6 Å². The number of aliphatic hydroxyl groups excluding tert-OH is 1. The Morgan fingerprint density at radius 3 is 2.53 bits per heavy atom. The summed E-state index contributed by atoms with van der Waals surface area (Å²) >= 11 is 6.00. The second-order valence-electron chi connectivity index (χ2n) is 8.71. The molecule has 2 heterocycles. The third-order valence-corrected chi connectivity index (χ3v) is 6.91. The molecule has 1 aliphatic carbocycles. The molecule has 2 aliphatic rings. The maximum Gasteiger partial charge on any atom is 0.250 e. The van der Waals surface area contributed by atoms with E-state index in [0.717, 1.165) is 5.56 Å². The highest BCUT2D eigenvalue weighted by atomic mass is 35.5. The lowest BCUT2D eigenvalue weighted by Gasteiger charge is -2.38. The van der Waals surface area contributed by atoms with Crippen molar-refractivity contribution in [3.8, 4) is 0 Å². The van der Waals surface area contributed by atoms with Gasteiger partial charge in [0.15, 0.2) is 11.5 Å². The number of Topliss-reactive ketones (excluding diaryl/α,β-unsaturated/α-hetero) is 1. The number of halogens is 4. The van der Waals surface area contributed by atoms with Crippen molar-refractivity contribution in [3.63, 3.8) is 0 Å². The maximum absolute atomic E-state index is 16.0. The van der Waals surface area contributed by atoms with E-state index in [1.807, 2.05) is 17.0 Å². The molecular weight excluding hydrogens is 441 g/mol. The fourth-order valence-electron chi connectivity index (χ4n) is 4.79. The minimum absolute atomic E-state index is 0.0544. The number of hydrogen-bond acceptors (Lipinski definition) is 4. The summed E-state index contributed by atoms with van der Waals surface area (Å²) in [7, 11) is 0. The number of carbonyl (C=O) groups excluding carboxylic acids is 1. The molecule has 0 bridgehead atoms. The van der Waals surface area contributed by atoms with Crippen LogP contribution in [0.4, 0.5) is 13.2 Å². The fourth-order valence-corrected chi connectivity index (χ4v) is 4.91. The topological polar surface area (TPSA) is 53.4 Å². The fraction of sp³-hybridized carbons (Fsp3) is 0.500. The molecule has 0 amide bonds. The highest BCUT2D eigenvalue weighted by Gasteiger charge is 2.46. The van der Waals surface area contributed by atoms with Gasteiger partial charge in [0.25, 0.3) is 5.92 Å². The molecule has 1 aliphatic heterocycles. The number of fused-ring (bicyclic) bond motifs is 1. The lowest BCUT2D eigenvalue weighted by atomic mass is 9.77. The van der Waals surface area contributed by atoms with E-state index in [-0.39, 0.29) is 62.5 Å². The van der Waals surface area contributed by atoms with Crippen LogP contribution in [0.2, 0.25) is 5.02 Å². The molecular formula is C24H26ClF3N2O2. The van der Waals surface area contributed by atoms with Crippen LogP contribution in [-0.2, 0) is 10.5 Å². The molecule has 1 aromatic carbocycles. The van der Waals surface area contributed by atoms with Gasteiger partial charge in [-0.2, -0.15) is 0 Å². The normalized spacial score (nSPS) is 26.3. The van der Waals surface area contributed by atoms with Crippen LogP contribution in [0.5, 0.6) is 0 Å². The first-order chi connectivity index (χ1) is 15.2. The highest BCUT2D eigenvalue weighted by molar-refractivity contribution is 6.30. The Hall–Kier alpha value is -1.96. The number of ketones is 1. The summed E-state index contributed by atoms with van der Waals surface area (Å²) in [5.74, 6) is -3.25. The van der Waals surface area contributed by atoms with Crippen LogP contribution in [0.25, 0.3) is 0 Å². The van der Waals surface area contributed by atoms with Crippen molar-refractivity contribution in [1.82, 2.24) is 9.88 Å². The Labute approximate surface area is 190 Å². The van der Waals surface area contributed by atoms with Gasteiger partial charge in [0, 0.05) is 55.2 Å². The number of aromatic nitrogens is 1. The third kappa shape index (κ3) is 4.70. The first-order valence-corrected chi connectivity index (χ1v) is 11.3. The Balaban J connectivity index is 1.54. The highest BCUT2D eigenvalue weighted by Crippen LogP contribution is 2.44. The van der Waals surface area contributed by atoms with Crippen LogP contribution >= 0.6 is 11.6 Å². The van der Waals surface area contributed by atoms with Crippen molar-refractivity contribution in [2.75, 3.05) is 13.1 Å². The molecule has 1 fully saturated rings. The van der Waals surface area contributed by atoms with Crippen LogP contribution in [0.1, 0.15) is 67.5 Å². The van der Waals surface area contributed by atoms with Crippen molar-refractivity contribution in [1.29, 1.82) is 0 Å². The summed E-state index contributed by atoms with van der Waals surface area (Å²) in [4.78, 5) is 19.1. The lowest BCUT2D eigenvalue weighted by Crippen LogP contribution is -2.42. The largest absolute Gasteiger partial charge is 0.387 e. The van der Waals surface area contributed by atoms with Gasteiger partial charge < -0.3 is 5.11 Å². The quantitative estimate of drug-likeness (QED) is 0.606. The van der Waals surface area contributed by atoms with Gasteiger partial charge in [0.2, 0.25) is 0 Å². The summed E-state index contributed by atoms with van der Waals surface area (Å²) in [6.07, 6.45) is 0.364. The van der Waals surface area contributed by atoms with E-state index in [1.54, 1.807) is 18.2 Å². The van der Waals surface area contributed by atoms with Gasteiger partial charge in [-0.15, -0.1) is 0 Å². The standard InChI is InChI=1S/C24H26ClF3N2O2/c25-17-5-3-16(4-6-17)19(30-14-11-23(26,27)12-15-30)7-8-21(32)24(28)10-9-20(31)22-18(24)2-1-13-29-22/h1-6,13,19-20,31H,7-12,14-15H2/t19?,20-,24-/m0/s1. The van der Waals surface area contributed by atoms with Gasteiger partial charge in [-0.05, 0) is 43.0 Å². The first kappa shape index (κ1) is 23.2. The van der Waals surface area contributed by atoms with E-state index in [4.69, 9.17) is 11.6 Å². The number of pyridine rings is 1. The van der Waals surface area contributed by atoms with Crippen molar-refractivity contribution in [2.45, 2.75) is 62.3 Å². The number of carbonyl (C=O) groups is 1. The zero-order chi connectivity index (χ0) is 22.9. The van der Waals surface area contributed by atoms with E-state index < -0.39 is 23.5 Å². The number of piperidine rings is 1. The Bertz CT molecular complexity index is 962. The van der Waals surface area contributed by atoms with Gasteiger partial charge in [0.1, 0.15) is 0 Å². The van der Waals surface area contributed by atoms with Crippen LogP contribution in [0, 0.1) is 0 Å². The lowest BCUT2D eigenvalue weighted by molar-refractivity contribution is -0.133. The van der Waals surface area contributed by atoms with Crippen LogP contribution < -0.4 is 0 Å². The summed E-state index contributed by atoms with van der Waals surface area (Å²) < 4.78 is 43.4. The third-order valence-electron chi connectivity index (χ3n) is 6.66. The molecule has 1 saturated heterocycles. The molecule has 0 spiro atoms. The first-order valence-electron chi connectivity index (χ1n) is 10.9. The van der Waals surface area contributed by atoms with E-state index in [2.05, 4.69) is 4.98 Å². The number of benzene rings is 1. The second kappa shape index (κ2) is 9.12. The number of alkyl halides is 3. The number of rotatable bonds is 6. The average molecular weight is 467 g/mol. The molecule has 2 aromatic rings. The Morgan fingerprint density at radius 1 is 1.16 bits per heavy atom. The smallest absolute Gasteiger partial charge is 0.250 e. The summed E-state index contributed by atoms with van der Waals surface area (Å²) in [5.41, 5.74) is -1.00. The molecule has 0 radical (unpaired) electrons. The number of nitrogens with zero attached hydrogens (tertiary/aromatic N) is 2. The minimum Gasteiger partial charge on any atom is -0.387 e. The summed E-state index contributed by atoms with van der Waals surface area (Å²) in [6, 6.07) is 9.88. The molecule has 4 rings (SSSR count). The second-order valence-corrected chi connectivity index (χ2v) is 9.15. The Kier molecular flexibility index (Phi) is 6.61. The van der Waals surface area contributed by atoms with Gasteiger partial charge in [-0.1, -0.05) is 29.8 Å². The molecule has 1 N–H and O–H groups in total. The van der Waals surface area contributed by atoms with Gasteiger partial charge >= 0.3 is 0 Å². The van der Waals surface area contributed by atoms with E-state index in [9.17, 15) is 18.7 Å². The molecule has 1 aromatic heterocycles. The van der Waals surface area contributed by atoms with E-state index >= 15 is 4.39 Å². The molecule has 4 nitrogen and oxygen atoms in total.